The van der Waals surface area contributed by atoms with Crippen molar-refractivity contribution in [1.29, 1.82) is 0 Å². The van der Waals surface area contributed by atoms with E-state index in [1.165, 1.54) is 0 Å². The van der Waals surface area contributed by atoms with Gasteiger partial charge in [0, 0.05) is 17.4 Å². The number of hydrogen-bond acceptors (Lipinski definition) is 5. The van der Waals surface area contributed by atoms with Crippen LogP contribution in [0.25, 0.3) is 0 Å². The number of carboxylic acids is 1. The average Bonchev–Trinajstić information content (AvgIpc) is 3.33. The normalized spacial score (nSPS) is 19.9. The molecule has 1 unspecified atom stereocenters. The number of benzene rings is 1. The standard InChI is InChI=1S/C19H24N2O5S/c1-12-8-14(26-9-17(22)23)6-7-15(12)20-18(24)16-10-27-11-21(16)19(25)13-4-2-3-5-13/h6-8,13,16H,2-5,9-11H2,1H3,(H,20,24)(H,22,23). The van der Waals surface area contributed by atoms with E-state index in [0.29, 0.717) is 23.1 Å². The quantitative estimate of drug-likeness (QED) is 0.772. The zero-order valence-electron chi connectivity index (χ0n) is 15.3. The zero-order valence-corrected chi connectivity index (χ0v) is 16.1. The summed E-state index contributed by atoms with van der Waals surface area (Å²) in [7, 11) is 0. The van der Waals surface area contributed by atoms with Gasteiger partial charge >= 0.3 is 5.97 Å². The Bertz CT molecular complexity index is 733. The van der Waals surface area contributed by atoms with Gasteiger partial charge in [0.1, 0.15) is 11.8 Å². The van der Waals surface area contributed by atoms with Crippen molar-refractivity contribution in [1.82, 2.24) is 4.90 Å². The molecule has 1 aliphatic carbocycles. The number of thioether (sulfide) groups is 1. The number of nitrogens with zero attached hydrogens (tertiary/aromatic N) is 1. The number of carbonyl (C=O) groups excluding carboxylic acids is 2. The zero-order chi connectivity index (χ0) is 19.4. The highest BCUT2D eigenvalue weighted by molar-refractivity contribution is 7.99. The molecule has 7 nitrogen and oxygen atoms in total. The molecule has 0 bridgehead atoms. The number of ether oxygens (including phenoxy) is 1. The first-order chi connectivity index (χ1) is 13.0. The number of rotatable bonds is 6. The van der Waals surface area contributed by atoms with E-state index in [-0.39, 0.29) is 17.7 Å². The topological polar surface area (TPSA) is 95.9 Å². The third kappa shape index (κ3) is 4.74. The second kappa shape index (κ2) is 8.65. The minimum atomic E-state index is -1.05. The second-order valence-corrected chi connectivity index (χ2v) is 7.95. The summed E-state index contributed by atoms with van der Waals surface area (Å²) in [5.74, 6) is 0.530. The fourth-order valence-corrected chi connectivity index (χ4v) is 4.68. The van der Waals surface area contributed by atoms with Crippen molar-refractivity contribution in [2.45, 2.75) is 38.6 Å². The van der Waals surface area contributed by atoms with E-state index in [2.05, 4.69) is 5.32 Å². The first-order valence-electron chi connectivity index (χ1n) is 9.10. The molecule has 146 valence electrons. The molecule has 1 atom stereocenters. The number of aryl methyl sites for hydroxylation is 1. The number of nitrogens with one attached hydrogen (secondary N) is 1. The molecule has 2 amide bonds. The van der Waals surface area contributed by atoms with Crippen LogP contribution in [0.15, 0.2) is 18.2 Å². The second-order valence-electron chi connectivity index (χ2n) is 6.95. The first kappa shape index (κ1) is 19.5. The average molecular weight is 392 g/mol. The Kier molecular flexibility index (Phi) is 6.26. The van der Waals surface area contributed by atoms with Crippen LogP contribution in [0.1, 0.15) is 31.2 Å². The van der Waals surface area contributed by atoms with Gasteiger partial charge < -0.3 is 20.1 Å². The van der Waals surface area contributed by atoms with Gasteiger partial charge in [-0.25, -0.2) is 4.79 Å². The number of amides is 2. The van der Waals surface area contributed by atoms with Crippen LogP contribution in [0, 0.1) is 12.8 Å². The van der Waals surface area contributed by atoms with Gasteiger partial charge in [0.05, 0.1) is 5.88 Å². The van der Waals surface area contributed by atoms with Gasteiger partial charge in [-0.05, 0) is 43.5 Å². The predicted octanol–water partition coefficient (Wildman–Crippen LogP) is 2.49. The lowest BCUT2D eigenvalue weighted by Gasteiger charge is -2.26. The fourth-order valence-electron chi connectivity index (χ4n) is 3.51. The third-order valence-electron chi connectivity index (χ3n) is 4.99. The Morgan fingerprint density at radius 2 is 2.04 bits per heavy atom. The molecule has 2 aliphatic rings. The molecule has 27 heavy (non-hydrogen) atoms. The summed E-state index contributed by atoms with van der Waals surface area (Å²) in [5.41, 5.74) is 1.40. The summed E-state index contributed by atoms with van der Waals surface area (Å²) >= 11 is 1.60. The molecule has 1 saturated heterocycles. The van der Waals surface area contributed by atoms with Gasteiger partial charge in [-0.2, -0.15) is 0 Å². The maximum absolute atomic E-state index is 12.8. The molecule has 0 aromatic heterocycles. The molecule has 1 aliphatic heterocycles. The van der Waals surface area contributed by atoms with E-state index in [4.69, 9.17) is 9.84 Å². The Balaban J connectivity index is 1.63. The summed E-state index contributed by atoms with van der Waals surface area (Å²) in [6.07, 6.45) is 4.02. The molecule has 1 heterocycles. The predicted molar refractivity (Wildman–Crippen MR) is 103 cm³/mol. The minimum Gasteiger partial charge on any atom is -0.482 e. The lowest BCUT2D eigenvalue weighted by atomic mass is 10.1. The van der Waals surface area contributed by atoms with Gasteiger partial charge in [0.25, 0.3) is 0 Å². The van der Waals surface area contributed by atoms with E-state index < -0.39 is 18.6 Å². The Morgan fingerprint density at radius 3 is 2.70 bits per heavy atom. The Morgan fingerprint density at radius 1 is 1.30 bits per heavy atom. The van der Waals surface area contributed by atoms with E-state index in [9.17, 15) is 14.4 Å². The highest BCUT2D eigenvalue weighted by atomic mass is 32.2. The van der Waals surface area contributed by atoms with Crippen molar-refractivity contribution in [3.8, 4) is 5.75 Å². The van der Waals surface area contributed by atoms with Gasteiger partial charge in [0.2, 0.25) is 11.8 Å². The van der Waals surface area contributed by atoms with Gasteiger partial charge in [-0.1, -0.05) is 12.8 Å². The first-order valence-corrected chi connectivity index (χ1v) is 10.3. The smallest absolute Gasteiger partial charge is 0.341 e. The minimum absolute atomic E-state index is 0.0615. The van der Waals surface area contributed by atoms with Crippen molar-refractivity contribution in [3.05, 3.63) is 23.8 Å². The summed E-state index contributed by atoms with van der Waals surface area (Å²) in [6, 6.07) is 4.54. The van der Waals surface area contributed by atoms with Crippen molar-refractivity contribution in [2.24, 2.45) is 5.92 Å². The summed E-state index contributed by atoms with van der Waals surface area (Å²) in [4.78, 5) is 37.8. The van der Waals surface area contributed by atoms with Crippen LogP contribution in [-0.4, -0.2) is 52.1 Å². The van der Waals surface area contributed by atoms with E-state index >= 15 is 0 Å². The molecule has 1 aromatic rings. The highest BCUT2D eigenvalue weighted by Gasteiger charge is 2.38. The van der Waals surface area contributed by atoms with E-state index in [1.807, 2.05) is 6.92 Å². The van der Waals surface area contributed by atoms with Crippen LogP contribution in [0.3, 0.4) is 0 Å². The fraction of sp³-hybridized carbons (Fsp3) is 0.526. The van der Waals surface area contributed by atoms with Crippen molar-refractivity contribution >= 4 is 35.2 Å². The van der Waals surface area contributed by atoms with Crippen LogP contribution in [-0.2, 0) is 14.4 Å². The van der Waals surface area contributed by atoms with Crippen LogP contribution in [0.5, 0.6) is 5.75 Å². The number of hydrogen-bond donors (Lipinski definition) is 2. The van der Waals surface area contributed by atoms with Crippen LogP contribution < -0.4 is 10.1 Å². The van der Waals surface area contributed by atoms with Gasteiger partial charge in [0.15, 0.2) is 6.61 Å². The molecule has 3 rings (SSSR count). The van der Waals surface area contributed by atoms with Crippen molar-refractivity contribution < 1.29 is 24.2 Å². The molecule has 1 aromatic carbocycles. The SMILES string of the molecule is Cc1cc(OCC(=O)O)ccc1NC(=O)C1CSCN1C(=O)C1CCCC1. The van der Waals surface area contributed by atoms with Gasteiger partial charge in [-0.15, -0.1) is 11.8 Å². The summed E-state index contributed by atoms with van der Waals surface area (Å²) < 4.78 is 5.15. The summed E-state index contributed by atoms with van der Waals surface area (Å²) in [6.45, 7) is 1.40. The molecule has 2 N–H and O–H groups in total. The monoisotopic (exact) mass is 392 g/mol. The van der Waals surface area contributed by atoms with Crippen LogP contribution >= 0.6 is 11.8 Å². The third-order valence-corrected chi connectivity index (χ3v) is 6.00. The highest BCUT2D eigenvalue weighted by Crippen LogP contribution is 2.31. The maximum atomic E-state index is 12.8. The number of carboxylic acid groups (broad SMARTS) is 1. The Hall–Kier alpha value is -2.22. The van der Waals surface area contributed by atoms with E-state index in [1.54, 1.807) is 34.9 Å². The van der Waals surface area contributed by atoms with Gasteiger partial charge in [-0.3, -0.25) is 9.59 Å². The molecule has 8 heteroatoms. The molecule has 0 radical (unpaired) electrons. The van der Waals surface area contributed by atoms with Crippen LogP contribution in [0.4, 0.5) is 5.69 Å². The van der Waals surface area contributed by atoms with Crippen molar-refractivity contribution in [3.63, 3.8) is 0 Å². The lowest BCUT2D eigenvalue weighted by Crippen LogP contribution is -2.46. The molecular formula is C19H24N2O5S. The molecular weight excluding hydrogens is 368 g/mol. The maximum Gasteiger partial charge on any atom is 0.341 e. The molecule has 2 fully saturated rings. The number of anilines is 1. The number of aliphatic carboxylic acids is 1. The molecule has 1 saturated carbocycles. The molecule has 0 spiro atoms. The van der Waals surface area contributed by atoms with E-state index in [0.717, 1.165) is 31.2 Å². The lowest BCUT2D eigenvalue weighted by molar-refractivity contribution is -0.139. The van der Waals surface area contributed by atoms with Crippen LogP contribution in [0.2, 0.25) is 0 Å². The largest absolute Gasteiger partial charge is 0.482 e. The number of carbonyl (C=O) groups is 3. The van der Waals surface area contributed by atoms with Crippen molar-refractivity contribution in [2.75, 3.05) is 23.6 Å². The Labute approximate surface area is 162 Å². The summed E-state index contributed by atoms with van der Waals surface area (Å²) in [5, 5.41) is 11.6.